The smallest absolute Gasteiger partial charge is 0.193 e. The Morgan fingerprint density at radius 3 is 2.62 bits per heavy atom. The molecule has 2 heterocycles. The summed E-state index contributed by atoms with van der Waals surface area (Å²) < 4.78 is 12.0. The summed E-state index contributed by atoms with van der Waals surface area (Å²) in [6, 6.07) is 10.8. The first kappa shape index (κ1) is 22.1. The van der Waals surface area contributed by atoms with E-state index in [9.17, 15) is 0 Å². The second-order valence-corrected chi connectivity index (χ2v) is 8.22. The molecule has 0 radical (unpaired) electrons. The molecule has 1 aromatic carbocycles. The molecule has 2 unspecified atom stereocenters. The Labute approximate surface area is 176 Å². The van der Waals surface area contributed by atoms with Gasteiger partial charge in [-0.3, -0.25) is 4.99 Å². The number of ether oxygens (including phenoxy) is 2. The highest BCUT2D eigenvalue weighted by Crippen LogP contribution is 2.21. The maximum Gasteiger partial charge on any atom is 0.193 e. The van der Waals surface area contributed by atoms with E-state index in [4.69, 9.17) is 14.5 Å². The zero-order valence-electron chi connectivity index (χ0n) is 18.3. The Morgan fingerprint density at radius 1 is 1.17 bits per heavy atom. The third kappa shape index (κ3) is 7.00. The molecule has 29 heavy (non-hydrogen) atoms. The van der Waals surface area contributed by atoms with Crippen LogP contribution in [-0.2, 0) is 9.47 Å². The van der Waals surface area contributed by atoms with Crippen LogP contribution < -0.4 is 5.32 Å². The Hall–Kier alpha value is -1.59. The van der Waals surface area contributed by atoms with Gasteiger partial charge in [-0.2, -0.15) is 0 Å². The van der Waals surface area contributed by atoms with Gasteiger partial charge in [0.25, 0.3) is 0 Å². The fourth-order valence-electron chi connectivity index (χ4n) is 4.23. The maximum absolute atomic E-state index is 6.17. The highest BCUT2D eigenvalue weighted by Gasteiger charge is 2.24. The number of aliphatic imine (C=N–C) groups is 1. The van der Waals surface area contributed by atoms with E-state index in [0.29, 0.717) is 18.1 Å². The molecule has 162 valence electrons. The van der Waals surface area contributed by atoms with Crippen LogP contribution in [0.3, 0.4) is 0 Å². The average molecular weight is 402 g/mol. The van der Waals surface area contributed by atoms with Crippen molar-refractivity contribution in [1.82, 2.24) is 10.2 Å². The van der Waals surface area contributed by atoms with Crippen molar-refractivity contribution in [3.8, 4) is 0 Å². The van der Waals surface area contributed by atoms with E-state index in [1.807, 2.05) is 0 Å². The predicted octanol–water partition coefficient (Wildman–Crippen LogP) is 4.20. The van der Waals surface area contributed by atoms with Crippen molar-refractivity contribution < 1.29 is 9.47 Å². The van der Waals surface area contributed by atoms with Crippen LogP contribution in [0.2, 0.25) is 0 Å². The maximum atomic E-state index is 6.17. The van der Waals surface area contributed by atoms with Crippen molar-refractivity contribution in [2.24, 2.45) is 4.99 Å². The Bertz CT molecular complexity index is 593. The molecule has 0 aliphatic carbocycles. The van der Waals surface area contributed by atoms with Crippen LogP contribution in [0.5, 0.6) is 0 Å². The highest BCUT2D eigenvalue weighted by molar-refractivity contribution is 5.80. The average Bonchev–Trinajstić information content (AvgIpc) is 2.79. The predicted molar refractivity (Wildman–Crippen MR) is 120 cm³/mol. The molecule has 0 spiro atoms. The van der Waals surface area contributed by atoms with Crippen LogP contribution in [0.25, 0.3) is 0 Å². The fraction of sp³-hybridized carbons (Fsp3) is 0.708. The quantitative estimate of drug-likeness (QED) is 0.524. The van der Waals surface area contributed by atoms with E-state index in [-0.39, 0.29) is 0 Å². The van der Waals surface area contributed by atoms with Gasteiger partial charge in [0, 0.05) is 38.7 Å². The molecule has 1 N–H and O–H groups in total. The number of guanidine groups is 1. The molecule has 0 bridgehead atoms. The van der Waals surface area contributed by atoms with E-state index >= 15 is 0 Å². The summed E-state index contributed by atoms with van der Waals surface area (Å²) in [6.45, 7) is 9.79. The molecule has 5 nitrogen and oxygen atoms in total. The lowest BCUT2D eigenvalue weighted by atomic mass is 9.97. The Balaban J connectivity index is 1.48. The minimum Gasteiger partial charge on any atom is -0.376 e. The molecule has 1 aromatic rings. The van der Waals surface area contributed by atoms with Crippen molar-refractivity contribution in [2.45, 2.75) is 70.5 Å². The largest absolute Gasteiger partial charge is 0.376 e. The standard InChI is InChI=1S/C24H39N3O2/c1-3-20(21-10-6-5-7-11-21)18-26-24(25-4-2)27-15-13-22(14-16-27)29-19-23-12-8-9-17-28-23/h5-7,10-11,20,22-23H,3-4,8-9,12-19H2,1-2H3,(H,25,26). The summed E-state index contributed by atoms with van der Waals surface area (Å²) in [5.41, 5.74) is 1.38. The molecule has 0 amide bonds. The summed E-state index contributed by atoms with van der Waals surface area (Å²) in [5, 5.41) is 3.50. The molecular formula is C24H39N3O2. The van der Waals surface area contributed by atoms with Gasteiger partial charge in [-0.25, -0.2) is 0 Å². The topological polar surface area (TPSA) is 46.1 Å². The first-order valence-corrected chi connectivity index (χ1v) is 11.6. The Morgan fingerprint density at radius 2 is 1.97 bits per heavy atom. The van der Waals surface area contributed by atoms with E-state index in [1.54, 1.807) is 0 Å². The number of hydrogen-bond acceptors (Lipinski definition) is 3. The number of rotatable bonds is 8. The second-order valence-electron chi connectivity index (χ2n) is 8.22. The van der Waals surface area contributed by atoms with Gasteiger partial charge in [-0.05, 0) is 51.0 Å². The third-order valence-electron chi connectivity index (χ3n) is 6.09. The summed E-state index contributed by atoms with van der Waals surface area (Å²) in [5.74, 6) is 1.53. The van der Waals surface area contributed by atoms with Crippen LogP contribution >= 0.6 is 0 Å². The first-order valence-electron chi connectivity index (χ1n) is 11.6. The normalized spacial score (nSPS) is 22.5. The molecule has 2 fully saturated rings. The molecule has 2 saturated heterocycles. The molecule has 5 heteroatoms. The van der Waals surface area contributed by atoms with Crippen molar-refractivity contribution in [1.29, 1.82) is 0 Å². The molecule has 2 aliphatic rings. The zero-order valence-corrected chi connectivity index (χ0v) is 18.3. The van der Waals surface area contributed by atoms with Crippen molar-refractivity contribution in [3.05, 3.63) is 35.9 Å². The fourth-order valence-corrected chi connectivity index (χ4v) is 4.23. The Kier molecular flexibility index (Phi) is 9.29. The molecule has 0 aromatic heterocycles. The van der Waals surface area contributed by atoms with Crippen molar-refractivity contribution in [2.75, 3.05) is 39.4 Å². The van der Waals surface area contributed by atoms with Crippen molar-refractivity contribution in [3.63, 3.8) is 0 Å². The summed E-state index contributed by atoms with van der Waals surface area (Å²) >= 11 is 0. The second kappa shape index (κ2) is 12.2. The lowest BCUT2D eigenvalue weighted by Gasteiger charge is -2.35. The van der Waals surface area contributed by atoms with Gasteiger partial charge in [-0.1, -0.05) is 37.3 Å². The minimum atomic E-state index is 0.310. The van der Waals surface area contributed by atoms with E-state index in [2.05, 4.69) is 54.4 Å². The monoisotopic (exact) mass is 401 g/mol. The van der Waals surface area contributed by atoms with Crippen LogP contribution in [0.4, 0.5) is 0 Å². The highest BCUT2D eigenvalue weighted by atomic mass is 16.5. The summed E-state index contributed by atoms with van der Waals surface area (Å²) in [7, 11) is 0. The van der Waals surface area contributed by atoms with Crippen LogP contribution in [0, 0.1) is 0 Å². The van der Waals surface area contributed by atoms with Gasteiger partial charge in [-0.15, -0.1) is 0 Å². The van der Waals surface area contributed by atoms with Crippen LogP contribution in [0.15, 0.2) is 35.3 Å². The number of likely N-dealkylation sites (tertiary alicyclic amines) is 1. The van der Waals surface area contributed by atoms with Gasteiger partial charge in [0.1, 0.15) is 0 Å². The van der Waals surface area contributed by atoms with Gasteiger partial charge in [0.2, 0.25) is 0 Å². The lowest BCUT2D eigenvalue weighted by molar-refractivity contribution is -0.0721. The number of benzene rings is 1. The molecular weight excluding hydrogens is 362 g/mol. The number of hydrogen-bond donors (Lipinski definition) is 1. The van der Waals surface area contributed by atoms with Crippen molar-refractivity contribution >= 4 is 5.96 Å². The minimum absolute atomic E-state index is 0.310. The first-order chi connectivity index (χ1) is 14.3. The van der Waals surface area contributed by atoms with Gasteiger partial charge in [0.05, 0.1) is 18.8 Å². The lowest BCUT2D eigenvalue weighted by Crippen LogP contribution is -2.47. The number of nitrogens with zero attached hydrogens (tertiary/aromatic N) is 2. The van der Waals surface area contributed by atoms with Crippen LogP contribution in [-0.4, -0.2) is 62.5 Å². The van der Waals surface area contributed by atoms with Crippen LogP contribution in [0.1, 0.15) is 63.9 Å². The van der Waals surface area contributed by atoms with E-state index in [0.717, 1.165) is 71.0 Å². The summed E-state index contributed by atoms with van der Waals surface area (Å²) in [6.07, 6.45) is 7.51. The SMILES string of the molecule is CCNC(=NCC(CC)c1ccccc1)N1CCC(OCC2CCCCO2)CC1. The van der Waals surface area contributed by atoms with E-state index in [1.165, 1.54) is 18.4 Å². The van der Waals surface area contributed by atoms with E-state index < -0.39 is 0 Å². The summed E-state index contributed by atoms with van der Waals surface area (Å²) in [4.78, 5) is 7.40. The molecule has 2 atom stereocenters. The molecule has 2 aliphatic heterocycles. The third-order valence-corrected chi connectivity index (χ3v) is 6.09. The molecule has 3 rings (SSSR count). The molecule has 0 saturated carbocycles. The number of piperidine rings is 1. The number of nitrogens with one attached hydrogen (secondary N) is 1. The van der Waals surface area contributed by atoms with Gasteiger partial charge >= 0.3 is 0 Å². The van der Waals surface area contributed by atoms with Gasteiger partial charge in [0.15, 0.2) is 5.96 Å². The zero-order chi connectivity index (χ0) is 20.3. The van der Waals surface area contributed by atoms with Gasteiger partial charge < -0.3 is 19.7 Å².